The van der Waals surface area contributed by atoms with Crippen molar-refractivity contribution in [3.63, 3.8) is 0 Å². The standard InChI is InChI=1S/C4H9Br.Mg.2H/c1-3-4(2)5;;;/h4H,3H2,1-2H3;;;. The zero-order valence-electron chi connectivity index (χ0n) is 3.66. The summed E-state index contributed by atoms with van der Waals surface area (Å²) in [5.74, 6) is 0. The molecule has 2 heteroatoms. The largest absolute Gasteiger partial charge is 0.316 e. The predicted octanol–water partition coefficient (Wildman–Crippen LogP) is 1.26. The molecule has 36 valence electrons. The number of hydrogen-bond acceptors (Lipinski definition) is 0. The van der Waals surface area contributed by atoms with Crippen molar-refractivity contribution < 1.29 is 0 Å². The van der Waals surface area contributed by atoms with Gasteiger partial charge in [-0.2, -0.15) is 0 Å². The summed E-state index contributed by atoms with van der Waals surface area (Å²) in [5.41, 5.74) is 0. The van der Waals surface area contributed by atoms with Gasteiger partial charge in [-0.15, -0.1) is 0 Å². The lowest BCUT2D eigenvalue weighted by Gasteiger charge is -1.88. The van der Waals surface area contributed by atoms with Crippen molar-refractivity contribution in [1.29, 1.82) is 0 Å². The van der Waals surface area contributed by atoms with Gasteiger partial charge in [0.05, 0.1) is 0 Å². The molecule has 0 rings (SSSR count). The molecule has 0 aromatic carbocycles. The van der Waals surface area contributed by atoms with Crippen molar-refractivity contribution in [2.45, 2.75) is 25.1 Å². The second-order valence-corrected chi connectivity index (χ2v) is 2.75. The smallest absolute Gasteiger partial charge is 0.0894 e. The average Bonchev–Trinajstić information content (AvgIpc) is 1.38. The van der Waals surface area contributed by atoms with E-state index in [1.165, 1.54) is 6.42 Å². The summed E-state index contributed by atoms with van der Waals surface area (Å²) in [5, 5.41) is 0. The molecule has 0 N–H and O–H groups in total. The molecule has 1 unspecified atom stereocenters. The number of halogens is 1. The summed E-state index contributed by atoms with van der Waals surface area (Å²) < 4.78 is 0. The van der Waals surface area contributed by atoms with Gasteiger partial charge >= 0.3 is 23.1 Å². The third-order valence-electron chi connectivity index (χ3n) is 0.563. The van der Waals surface area contributed by atoms with E-state index in [0.29, 0.717) is 4.83 Å². The van der Waals surface area contributed by atoms with Gasteiger partial charge in [0.2, 0.25) is 0 Å². The van der Waals surface area contributed by atoms with Gasteiger partial charge in [0.15, 0.2) is 0 Å². The van der Waals surface area contributed by atoms with Gasteiger partial charge in [-0.05, 0) is 6.42 Å². The van der Waals surface area contributed by atoms with Crippen LogP contribution in [0.2, 0.25) is 0 Å². The van der Waals surface area contributed by atoms with Gasteiger partial charge in [0.25, 0.3) is 0 Å². The molecule has 0 aliphatic carbocycles. The van der Waals surface area contributed by atoms with Gasteiger partial charge in [-0.3, -0.25) is 0 Å². The van der Waals surface area contributed by atoms with Crippen molar-refractivity contribution in [1.82, 2.24) is 0 Å². The molecule has 0 aromatic rings. The average molecular weight is 163 g/mol. The van der Waals surface area contributed by atoms with E-state index in [0.717, 1.165) is 0 Å². The molecule has 0 radical (unpaired) electrons. The quantitative estimate of drug-likeness (QED) is 0.403. The Labute approximate surface area is 64.0 Å². The first-order chi connectivity index (χ1) is 2.27. The molecular formula is C4H11BrMg. The maximum absolute atomic E-state index is 3.37. The van der Waals surface area contributed by atoms with E-state index in [-0.39, 0.29) is 23.1 Å². The summed E-state index contributed by atoms with van der Waals surface area (Å²) in [6.45, 7) is 4.29. The minimum atomic E-state index is 0. The highest BCUT2D eigenvalue weighted by atomic mass is 79.9. The van der Waals surface area contributed by atoms with Crippen LogP contribution in [0.4, 0.5) is 0 Å². The Hall–Kier alpha value is 1.25. The lowest BCUT2D eigenvalue weighted by molar-refractivity contribution is 0.922. The topological polar surface area (TPSA) is 0 Å². The maximum Gasteiger partial charge on any atom is 0.316 e. The molecule has 0 saturated carbocycles. The molecule has 0 aliphatic heterocycles. The van der Waals surface area contributed by atoms with Crippen molar-refractivity contribution >= 4 is 39.0 Å². The fourth-order valence-electron chi connectivity index (χ4n) is 0. The van der Waals surface area contributed by atoms with Crippen LogP contribution in [0.5, 0.6) is 0 Å². The van der Waals surface area contributed by atoms with Crippen LogP contribution >= 0.6 is 15.9 Å². The van der Waals surface area contributed by atoms with Gasteiger partial charge in [0.1, 0.15) is 0 Å². The predicted molar refractivity (Wildman–Crippen MR) is 37.2 cm³/mol. The van der Waals surface area contributed by atoms with E-state index in [1.54, 1.807) is 0 Å². The number of hydrogen-bond donors (Lipinski definition) is 0. The molecule has 0 amide bonds. The van der Waals surface area contributed by atoms with Crippen molar-refractivity contribution in [3.8, 4) is 0 Å². The van der Waals surface area contributed by atoms with E-state index < -0.39 is 0 Å². The summed E-state index contributed by atoms with van der Waals surface area (Å²) in [6.07, 6.45) is 1.22. The van der Waals surface area contributed by atoms with Crippen molar-refractivity contribution in [3.05, 3.63) is 0 Å². The lowest BCUT2D eigenvalue weighted by Crippen LogP contribution is -1.80. The van der Waals surface area contributed by atoms with Crippen LogP contribution in [0.25, 0.3) is 0 Å². The van der Waals surface area contributed by atoms with Crippen LogP contribution < -0.4 is 0 Å². The molecule has 0 fully saturated rings. The minimum absolute atomic E-state index is 0. The highest BCUT2D eigenvalue weighted by molar-refractivity contribution is 9.09. The molecule has 0 saturated heterocycles. The van der Waals surface area contributed by atoms with Crippen LogP contribution in [0, 0.1) is 0 Å². The van der Waals surface area contributed by atoms with E-state index in [2.05, 4.69) is 29.8 Å². The fraction of sp³-hybridized carbons (Fsp3) is 1.00. The van der Waals surface area contributed by atoms with Gasteiger partial charge in [0, 0.05) is 4.83 Å². The maximum atomic E-state index is 3.37. The Morgan fingerprint density at radius 3 is 1.83 bits per heavy atom. The Morgan fingerprint density at radius 2 is 1.83 bits per heavy atom. The van der Waals surface area contributed by atoms with Crippen molar-refractivity contribution in [2.75, 3.05) is 0 Å². The fourth-order valence-corrected chi connectivity index (χ4v) is 0. The zero-order valence-corrected chi connectivity index (χ0v) is 5.25. The normalized spacial score (nSPS) is 12.5. The summed E-state index contributed by atoms with van der Waals surface area (Å²) >= 11 is 3.37. The molecule has 6 heavy (non-hydrogen) atoms. The van der Waals surface area contributed by atoms with Crippen LogP contribution in [0.3, 0.4) is 0 Å². The molecule has 0 nitrogen and oxygen atoms in total. The number of rotatable bonds is 1. The monoisotopic (exact) mass is 162 g/mol. The Morgan fingerprint density at radius 1 is 1.67 bits per heavy atom. The zero-order chi connectivity index (χ0) is 4.28. The molecule has 0 heterocycles. The Bertz CT molecular complexity index is 21.5. The first-order valence-corrected chi connectivity index (χ1v) is 2.83. The highest BCUT2D eigenvalue weighted by Gasteiger charge is 1.82. The van der Waals surface area contributed by atoms with Crippen LogP contribution in [0.1, 0.15) is 20.3 Å². The lowest BCUT2D eigenvalue weighted by atomic mass is 10.4. The summed E-state index contributed by atoms with van der Waals surface area (Å²) in [6, 6.07) is 0. The van der Waals surface area contributed by atoms with Crippen LogP contribution in [0.15, 0.2) is 0 Å². The van der Waals surface area contributed by atoms with Gasteiger partial charge < -0.3 is 0 Å². The second-order valence-electron chi connectivity index (χ2n) is 1.19. The van der Waals surface area contributed by atoms with Gasteiger partial charge in [-0.1, -0.05) is 29.8 Å². The highest BCUT2D eigenvalue weighted by Crippen LogP contribution is 1.99. The minimum Gasteiger partial charge on any atom is -0.0894 e. The molecule has 0 aliphatic rings. The van der Waals surface area contributed by atoms with Crippen molar-refractivity contribution in [2.24, 2.45) is 0 Å². The summed E-state index contributed by atoms with van der Waals surface area (Å²) in [7, 11) is 0. The van der Waals surface area contributed by atoms with E-state index in [9.17, 15) is 0 Å². The first-order valence-electron chi connectivity index (χ1n) is 1.91. The SMILES string of the molecule is CCC(C)Br.[MgH2]. The number of alkyl halides is 1. The third kappa shape index (κ3) is 8.98. The Balaban J connectivity index is 0. The molecule has 0 aromatic heterocycles. The summed E-state index contributed by atoms with van der Waals surface area (Å²) in [4.78, 5) is 0.697. The molecule has 0 spiro atoms. The first kappa shape index (κ1) is 10.3. The van der Waals surface area contributed by atoms with E-state index in [4.69, 9.17) is 0 Å². The third-order valence-corrected chi connectivity index (χ3v) is 1.21. The van der Waals surface area contributed by atoms with E-state index in [1.807, 2.05) is 0 Å². The van der Waals surface area contributed by atoms with Gasteiger partial charge in [-0.25, -0.2) is 0 Å². The molecular weight excluding hydrogens is 152 g/mol. The second kappa shape index (κ2) is 6.25. The molecule has 1 atom stereocenters. The van der Waals surface area contributed by atoms with Crippen LogP contribution in [-0.4, -0.2) is 27.9 Å². The molecule has 0 bridgehead atoms. The van der Waals surface area contributed by atoms with E-state index >= 15 is 0 Å². The Kier molecular flexibility index (Phi) is 10.7. The van der Waals surface area contributed by atoms with Crippen LogP contribution in [-0.2, 0) is 0 Å².